The van der Waals surface area contributed by atoms with Crippen LogP contribution in [0.2, 0.25) is 0 Å². The quantitative estimate of drug-likeness (QED) is 0.772. The zero-order chi connectivity index (χ0) is 14.0. The molecule has 0 spiro atoms. The predicted molar refractivity (Wildman–Crippen MR) is 62.6 cm³/mol. The predicted octanol–water partition coefficient (Wildman–Crippen LogP) is 1.06. The minimum absolute atomic E-state index is 0.421. The summed E-state index contributed by atoms with van der Waals surface area (Å²) in [5, 5.41) is 13.8. The van der Waals surface area contributed by atoms with Crippen molar-refractivity contribution >= 4 is 11.6 Å². The molecule has 0 bridgehead atoms. The molecule has 0 saturated carbocycles. The third kappa shape index (κ3) is 3.17. The Morgan fingerprint density at radius 2 is 2.16 bits per heavy atom. The highest BCUT2D eigenvalue weighted by atomic mass is 19.4. The van der Waals surface area contributed by atoms with Gasteiger partial charge in [-0.2, -0.15) is 13.2 Å². The van der Waals surface area contributed by atoms with Crippen LogP contribution in [0.1, 0.15) is 5.56 Å². The number of halogens is 3. The summed E-state index contributed by atoms with van der Waals surface area (Å²) in [5.41, 5.74) is 1.75. The van der Waals surface area contributed by atoms with Gasteiger partial charge in [-0.05, 0) is 11.6 Å². The summed E-state index contributed by atoms with van der Waals surface area (Å²) < 4.78 is 36.2. The third-order valence-corrected chi connectivity index (χ3v) is 2.94. The number of alkyl halides is 3. The lowest BCUT2D eigenvalue weighted by molar-refractivity contribution is -0.201. The molecule has 4 nitrogen and oxygen atoms in total. The molecule has 104 valence electrons. The van der Waals surface area contributed by atoms with Crippen LogP contribution in [-0.4, -0.2) is 35.9 Å². The molecule has 1 aromatic rings. The van der Waals surface area contributed by atoms with Crippen LogP contribution in [-0.2, 0) is 11.2 Å². The summed E-state index contributed by atoms with van der Waals surface area (Å²) in [6.07, 6.45) is -6.84. The third-order valence-electron chi connectivity index (χ3n) is 2.94. The number of rotatable bonds is 3. The van der Waals surface area contributed by atoms with Gasteiger partial charge in [0.25, 0.3) is 0 Å². The highest BCUT2D eigenvalue weighted by molar-refractivity contribution is 5.87. The molecule has 1 heterocycles. The number of anilines is 1. The van der Waals surface area contributed by atoms with Gasteiger partial charge in [-0.1, -0.05) is 18.2 Å². The van der Waals surface area contributed by atoms with Crippen LogP contribution in [0.3, 0.4) is 0 Å². The van der Waals surface area contributed by atoms with Gasteiger partial charge in [0.1, 0.15) is 6.04 Å². The van der Waals surface area contributed by atoms with Crippen LogP contribution in [0.25, 0.3) is 0 Å². The van der Waals surface area contributed by atoms with Crippen molar-refractivity contribution in [2.24, 2.45) is 0 Å². The van der Waals surface area contributed by atoms with Gasteiger partial charge in [-0.15, -0.1) is 0 Å². The Morgan fingerprint density at radius 3 is 2.79 bits per heavy atom. The number of hydrogen-bond acceptors (Lipinski definition) is 3. The molecule has 0 saturated heterocycles. The Bertz CT molecular complexity index is 451. The van der Waals surface area contributed by atoms with E-state index in [1.807, 2.05) is 12.1 Å². The van der Waals surface area contributed by atoms with E-state index >= 15 is 0 Å². The number of aliphatic hydroxyl groups is 1. The summed E-state index contributed by atoms with van der Waals surface area (Å²) >= 11 is 0. The van der Waals surface area contributed by atoms with Crippen molar-refractivity contribution in [3.8, 4) is 0 Å². The largest absolute Gasteiger partial charge is 0.416 e. The Morgan fingerprint density at radius 1 is 1.47 bits per heavy atom. The van der Waals surface area contributed by atoms with Gasteiger partial charge in [0, 0.05) is 12.1 Å². The molecule has 0 aliphatic carbocycles. The molecule has 1 aliphatic heterocycles. The molecular formula is C12H13F3N2O2. The summed E-state index contributed by atoms with van der Waals surface area (Å²) in [6.45, 7) is -0.836. The van der Waals surface area contributed by atoms with Crippen molar-refractivity contribution in [1.82, 2.24) is 5.32 Å². The van der Waals surface area contributed by atoms with Crippen LogP contribution < -0.4 is 10.6 Å². The Kier molecular flexibility index (Phi) is 3.66. The summed E-state index contributed by atoms with van der Waals surface area (Å²) in [6, 6.07) is 6.68. The number of hydrogen-bond donors (Lipinski definition) is 3. The second kappa shape index (κ2) is 5.08. The number of benzene rings is 1. The highest BCUT2D eigenvalue weighted by Gasteiger charge is 2.38. The van der Waals surface area contributed by atoms with Gasteiger partial charge >= 0.3 is 6.18 Å². The fourth-order valence-corrected chi connectivity index (χ4v) is 1.89. The number of carbonyl (C=O) groups is 1. The number of aliphatic hydroxyl groups excluding tert-OH is 1. The Labute approximate surface area is 107 Å². The topological polar surface area (TPSA) is 61.4 Å². The standard InChI is InChI=1S/C12H13F3N2O2/c13-12(14,15)10(18)6-16-11(19)9-5-7-3-1-2-4-8(7)17-9/h1-4,9-10,17-18H,5-6H2,(H,16,19). The Balaban J connectivity index is 1.87. The van der Waals surface area contributed by atoms with Crippen molar-refractivity contribution in [1.29, 1.82) is 0 Å². The van der Waals surface area contributed by atoms with Gasteiger partial charge in [-0.25, -0.2) is 0 Å². The van der Waals surface area contributed by atoms with E-state index in [0.29, 0.717) is 6.42 Å². The van der Waals surface area contributed by atoms with Crippen LogP contribution in [0.4, 0.5) is 18.9 Å². The number of fused-ring (bicyclic) bond motifs is 1. The van der Waals surface area contributed by atoms with Crippen LogP contribution in [0.15, 0.2) is 24.3 Å². The molecule has 2 rings (SSSR count). The fraction of sp³-hybridized carbons (Fsp3) is 0.417. The van der Waals surface area contributed by atoms with Crippen molar-refractivity contribution in [2.45, 2.75) is 24.7 Å². The van der Waals surface area contributed by atoms with Crippen LogP contribution in [0, 0.1) is 0 Å². The zero-order valence-electron chi connectivity index (χ0n) is 9.87. The molecular weight excluding hydrogens is 261 g/mol. The van der Waals surface area contributed by atoms with Crippen molar-refractivity contribution in [3.05, 3.63) is 29.8 Å². The van der Waals surface area contributed by atoms with Crippen LogP contribution >= 0.6 is 0 Å². The highest BCUT2D eigenvalue weighted by Crippen LogP contribution is 2.25. The average Bonchev–Trinajstić information content (AvgIpc) is 2.78. The summed E-state index contributed by atoms with van der Waals surface area (Å²) in [7, 11) is 0. The molecule has 1 aliphatic rings. The average molecular weight is 274 g/mol. The molecule has 1 aromatic carbocycles. The summed E-state index contributed by atoms with van der Waals surface area (Å²) in [5.74, 6) is -0.556. The first-order chi connectivity index (χ1) is 8.88. The van der Waals surface area contributed by atoms with Gasteiger partial charge in [0.15, 0.2) is 6.10 Å². The Hall–Kier alpha value is -1.76. The number of carbonyl (C=O) groups excluding carboxylic acids is 1. The molecule has 0 aromatic heterocycles. The number of amides is 1. The molecule has 19 heavy (non-hydrogen) atoms. The minimum atomic E-state index is -4.72. The van der Waals surface area contributed by atoms with Gasteiger partial charge < -0.3 is 15.7 Å². The maximum atomic E-state index is 12.1. The van der Waals surface area contributed by atoms with E-state index in [2.05, 4.69) is 10.6 Å². The van der Waals surface area contributed by atoms with E-state index in [0.717, 1.165) is 11.3 Å². The minimum Gasteiger partial charge on any atom is -0.382 e. The normalized spacial score (nSPS) is 19.5. The van der Waals surface area contributed by atoms with E-state index in [4.69, 9.17) is 5.11 Å². The number of nitrogens with one attached hydrogen (secondary N) is 2. The molecule has 0 radical (unpaired) electrons. The van der Waals surface area contributed by atoms with Gasteiger partial charge in [0.05, 0.1) is 6.54 Å². The van der Waals surface area contributed by atoms with Crippen LogP contribution in [0.5, 0.6) is 0 Å². The van der Waals surface area contributed by atoms with Crippen molar-refractivity contribution < 1.29 is 23.1 Å². The van der Waals surface area contributed by atoms with E-state index in [9.17, 15) is 18.0 Å². The van der Waals surface area contributed by atoms with Crippen molar-refractivity contribution in [3.63, 3.8) is 0 Å². The van der Waals surface area contributed by atoms with Crippen molar-refractivity contribution in [2.75, 3.05) is 11.9 Å². The lowest BCUT2D eigenvalue weighted by Gasteiger charge is -2.17. The van der Waals surface area contributed by atoms with E-state index in [-0.39, 0.29) is 0 Å². The second-order valence-corrected chi connectivity index (χ2v) is 4.36. The maximum Gasteiger partial charge on any atom is 0.416 e. The van der Waals surface area contributed by atoms with E-state index in [1.165, 1.54) is 0 Å². The number of para-hydroxylation sites is 1. The second-order valence-electron chi connectivity index (χ2n) is 4.36. The fourth-order valence-electron chi connectivity index (χ4n) is 1.89. The SMILES string of the molecule is O=C(NCC(O)C(F)(F)F)C1Cc2ccccc2N1. The molecule has 0 fully saturated rings. The summed E-state index contributed by atoms with van der Waals surface area (Å²) in [4.78, 5) is 11.7. The first kappa shape index (κ1) is 13.7. The maximum absolute atomic E-state index is 12.1. The smallest absolute Gasteiger partial charge is 0.382 e. The lowest BCUT2D eigenvalue weighted by Crippen LogP contribution is -2.45. The molecule has 2 atom stereocenters. The first-order valence-electron chi connectivity index (χ1n) is 5.75. The lowest BCUT2D eigenvalue weighted by atomic mass is 10.1. The first-order valence-corrected chi connectivity index (χ1v) is 5.75. The van der Waals surface area contributed by atoms with Gasteiger partial charge in [0.2, 0.25) is 5.91 Å². The molecule has 7 heteroatoms. The zero-order valence-corrected chi connectivity index (χ0v) is 9.87. The van der Waals surface area contributed by atoms with E-state index < -0.39 is 30.8 Å². The molecule has 1 amide bonds. The van der Waals surface area contributed by atoms with Gasteiger partial charge in [-0.3, -0.25) is 4.79 Å². The van der Waals surface area contributed by atoms with E-state index in [1.54, 1.807) is 12.1 Å². The molecule has 2 unspecified atom stereocenters. The monoisotopic (exact) mass is 274 g/mol. The molecule has 3 N–H and O–H groups in total.